The number of fused-ring (bicyclic) bond motifs is 2. The van der Waals surface area contributed by atoms with Crippen LogP contribution >= 0.6 is 0 Å². The van der Waals surface area contributed by atoms with Crippen LogP contribution in [0.2, 0.25) is 0 Å². The van der Waals surface area contributed by atoms with Crippen LogP contribution in [0.4, 0.5) is 15.9 Å². The van der Waals surface area contributed by atoms with Crippen molar-refractivity contribution in [3.8, 4) is 11.8 Å². The van der Waals surface area contributed by atoms with Gasteiger partial charge in [-0.2, -0.15) is 9.97 Å². The Morgan fingerprint density at radius 1 is 1.10 bits per heavy atom. The van der Waals surface area contributed by atoms with Crippen LogP contribution < -0.4 is 14.5 Å². The molecule has 208 valence electrons. The van der Waals surface area contributed by atoms with Gasteiger partial charge in [0, 0.05) is 67.4 Å². The molecule has 10 heteroatoms. The number of aromatic nitrogens is 2. The van der Waals surface area contributed by atoms with Crippen LogP contribution in [0.3, 0.4) is 0 Å². The van der Waals surface area contributed by atoms with Gasteiger partial charge >= 0.3 is 6.01 Å². The third kappa shape index (κ3) is 5.63. The summed E-state index contributed by atoms with van der Waals surface area (Å²) in [6, 6.07) is 9.05. The Bertz CT molecular complexity index is 1340. The van der Waals surface area contributed by atoms with Crippen LogP contribution in [0.1, 0.15) is 18.2 Å². The zero-order chi connectivity index (χ0) is 27.7. The summed E-state index contributed by atoms with van der Waals surface area (Å²) in [6.07, 6.45) is 1.47. The first-order valence-corrected chi connectivity index (χ1v) is 13.4. The molecule has 2 atom stereocenters. The van der Waals surface area contributed by atoms with Crippen molar-refractivity contribution in [3.63, 3.8) is 0 Å². The Morgan fingerprint density at radius 2 is 1.82 bits per heavy atom. The van der Waals surface area contributed by atoms with Gasteiger partial charge in [-0.25, -0.2) is 4.39 Å². The molecule has 0 aliphatic carbocycles. The highest BCUT2D eigenvalue weighted by Crippen LogP contribution is 2.38. The number of phenols is 1. The first-order valence-electron chi connectivity index (χ1n) is 13.4. The SMILES string of the molecule is C=CC(O)N1CCN(c2nc(O[C@H](C)CN(C)C)nc3c2CCN(c2cc(O)c(F)c4ccccc24)C3)CC1. The molecule has 3 heterocycles. The summed E-state index contributed by atoms with van der Waals surface area (Å²) < 4.78 is 20.9. The Kier molecular flexibility index (Phi) is 7.88. The molecular weight excluding hydrogens is 499 g/mol. The lowest BCUT2D eigenvalue weighted by atomic mass is 10.0. The summed E-state index contributed by atoms with van der Waals surface area (Å²) in [5.74, 6) is -0.104. The number of halogens is 1. The van der Waals surface area contributed by atoms with Gasteiger partial charge in [0.05, 0.1) is 12.2 Å². The molecule has 0 amide bonds. The fraction of sp³-hybridized carbons (Fsp3) is 0.448. The molecule has 2 aromatic carbocycles. The number of aliphatic hydroxyl groups is 1. The molecule has 2 aliphatic rings. The monoisotopic (exact) mass is 536 g/mol. The van der Waals surface area contributed by atoms with Crippen molar-refractivity contribution in [3.05, 3.63) is 60.1 Å². The molecule has 1 saturated heterocycles. The average molecular weight is 537 g/mol. The van der Waals surface area contributed by atoms with Crippen molar-refractivity contribution >= 4 is 22.3 Å². The lowest BCUT2D eigenvalue weighted by molar-refractivity contribution is 0.0379. The highest BCUT2D eigenvalue weighted by atomic mass is 19.1. The standard InChI is InChI=1S/C29H37FN6O3/c1-5-26(38)34-12-14-35(15-13-34)28-22-10-11-36(18-23(22)31-29(32-28)39-19(2)17-33(3)4)24-16-25(37)27(30)21-9-7-6-8-20(21)24/h5-9,16,19,26,37-38H,1,10-15,17-18H2,2-4H3/t19-,26?/m1/s1. The first kappa shape index (κ1) is 27.1. The van der Waals surface area contributed by atoms with Gasteiger partial charge in [-0.3, -0.25) is 4.90 Å². The number of rotatable bonds is 8. The maximum atomic E-state index is 14.7. The molecule has 2 N–H and O–H groups in total. The van der Waals surface area contributed by atoms with Gasteiger partial charge in [0.15, 0.2) is 11.6 Å². The summed E-state index contributed by atoms with van der Waals surface area (Å²) >= 11 is 0. The van der Waals surface area contributed by atoms with Crippen LogP contribution in [-0.4, -0.2) is 95.7 Å². The quantitative estimate of drug-likeness (QED) is 0.422. The van der Waals surface area contributed by atoms with Gasteiger partial charge in [0.1, 0.15) is 18.1 Å². The van der Waals surface area contributed by atoms with E-state index < -0.39 is 12.0 Å². The summed E-state index contributed by atoms with van der Waals surface area (Å²) in [5.41, 5.74) is 2.71. The Morgan fingerprint density at radius 3 is 2.51 bits per heavy atom. The van der Waals surface area contributed by atoms with E-state index in [1.807, 2.05) is 38.1 Å². The maximum Gasteiger partial charge on any atom is 0.318 e. The molecule has 2 aliphatic heterocycles. The minimum Gasteiger partial charge on any atom is -0.505 e. The summed E-state index contributed by atoms with van der Waals surface area (Å²) in [4.78, 5) is 18.2. The summed E-state index contributed by atoms with van der Waals surface area (Å²) in [6.45, 7) is 10.4. The number of phenolic OH excluding ortho intramolecular Hbond substituents is 1. The molecule has 0 radical (unpaired) electrons. The molecule has 0 spiro atoms. The van der Waals surface area contributed by atoms with Gasteiger partial charge in [-0.15, -0.1) is 0 Å². The van der Waals surface area contributed by atoms with E-state index in [9.17, 15) is 14.6 Å². The number of benzene rings is 2. The second kappa shape index (κ2) is 11.3. The van der Waals surface area contributed by atoms with Gasteiger partial charge in [-0.05, 0) is 33.5 Å². The largest absolute Gasteiger partial charge is 0.505 e. The highest BCUT2D eigenvalue weighted by Gasteiger charge is 2.30. The van der Waals surface area contributed by atoms with Crippen molar-refractivity contribution in [2.45, 2.75) is 32.2 Å². The third-order valence-electron chi connectivity index (χ3n) is 7.43. The van der Waals surface area contributed by atoms with Crippen molar-refractivity contribution in [2.75, 3.05) is 63.2 Å². The minimum atomic E-state index is -0.659. The molecule has 0 saturated carbocycles. The van der Waals surface area contributed by atoms with Crippen molar-refractivity contribution in [1.82, 2.24) is 19.8 Å². The van der Waals surface area contributed by atoms with Gasteiger partial charge in [0.2, 0.25) is 0 Å². The van der Waals surface area contributed by atoms with E-state index in [1.54, 1.807) is 18.2 Å². The van der Waals surface area contributed by atoms with E-state index in [4.69, 9.17) is 14.7 Å². The molecule has 9 nitrogen and oxygen atoms in total. The minimum absolute atomic E-state index is 0.108. The Balaban J connectivity index is 1.49. The molecule has 1 fully saturated rings. The zero-order valence-electron chi connectivity index (χ0n) is 22.8. The predicted molar refractivity (Wildman–Crippen MR) is 151 cm³/mol. The zero-order valence-corrected chi connectivity index (χ0v) is 22.8. The predicted octanol–water partition coefficient (Wildman–Crippen LogP) is 2.99. The van der Waals surface area contributed by atoms with Crippen LogP contribution in [0.25, 0.3) is 10.8 Å². The molecular formula is C29H37FN6O3. The van der Waals surface area contributed by atoms with E-state index in [-0.39, 0.29) is 11.9 Å². The Labute approximate surface area is 228 Å². The van der Waals surface area contributed by atoms with Crippen LogP contribution in [0.5, 0.6) is 11.8 Å². The van der Waals surface area contributed by atoms with Gasteiger partial charge in [0.25, 0.3) is 0 Å². The number of aromatic hydroxyl groups is 1. The number of ether oxygens (including phenoxy) is 1. The van der Waals surface area contributed by atoms with Crippen molar-refractivity contribution in [2.24, 2.45) is 0 Å². The van der Waals surface area contributed by atoms with E-state index >= 15 is 0 Å². The molecule has 0 bridgehead atoms. The topological polar surface area (TPSA) is 88.4 Å². The number of hydrogen-bond donors (Lipinski definition) is 2. The molecule has 1 aromatic heterocycles. The molecule has 39 heavy (non-hydrogen) atoms. The molecule has 5 rings (SSSR count). The van der Waals surface area contributed by atoms with Gasteiger partial charge < -0.3 is 29.6 Å². The first-order chi connectivity index (χ1) is 18.7. The normalized spacial score (nSPS) is 17.8. The van der Waals surface area contributed by atoms with E-state index in [1.165, 1.54) is 6.07 Å². The van der Waals surface area contributed by atoms with Crippen LogP contribution in [-0.2, 0) is 13.0 Å². The summed E-state index contributed by atoms with van der Waals surface area (Å²) in [5, 5.41) is 21.7. The van der Waals surface area contributed by atoms with Crippen LogP contribution in [0, 0.1) is 5.82 Å². The number of hydrogen-bond acceptors (Lipinski definition) is 9. The lowest BCUT2D eigenvalue weighted by Gasteiger charge is -2.39. The second-order valence-corrected chi connectivity index (χ2v) is 10.6. The van der Waals surface area contributed by atoms with Crippen LogP contribution in [0.15, 0.2) is 43.0 Å². The van der Waals surface area contributed by atoms with Crippen molar-refractivity contribution < 1.29 is 19.3 Å². The Hall–Kier alpha value is -3.47. The number of likely N-dealkylation sites (N-methyl/N-ethyl adjacent to an activating group) is 1. The summed E-state index contributed by atoms with van der Waals surface area (Å²) in [7, 11) is 3.99. The maximum absolute atomic E-state index is 14.7. The average Bonchev–Trinajstić information content (AvgIpc) is 2.93. The van der Waals surface area contributed by atoms with E-state index in [0.29, 0.717) is 57.1 Å². The van der Waals surface area contributed by atoms with E-state index in [2.05, 4.69) is 21.3 Å². The highest BCUT2D eigenvalue weighted by molar-refractivity contribution is 5.96. The van der Waals surface area contributed by atoms with Gasteiger partial charge in [-0.1, -0.05) is 30.8 Å². The fourth-order valence-corrected chi connectivity index (χ4v) is 5.56. The number of nitrogens with zero attached hydrogens (tertiary/aromatic N) is 6. The van der Waals surface area contributed by atoms with E-state index in [0.717, 1.165) is 34.7 Å². The molecule has 3 aromatic rings. The number of aliphatic hydroxyl groups excluding tert-OH is 1. The second-order valence-electron chi connectivity index (χ2n) is 10.6. The molecule has 1 unspecified atom stereocenters. The third-order valence-corrected chi connectivity index (χ3v) is 7.43. The number of anilines is 2. The smallest absolute Gasteiger partial charge is 0.318 e. The fourth-order valence-electron chi connectivity index (χ4n) is 5.56. The number of piperazine rings is 1. The van der Waals surface area contributed by atoms with Crippen molar-refractivity contribution in [1.29, 1.82) is 0 Å². The lowest BCUT2D eigenvalue weighted by Crippen LogP contribution is -2.50.